The van der Waals surface area contributed by atoms with Gasteiger partial charge in [-0.25, -0.2) is 9.37 Å². The molecule has 0 bridgehead atoms. The van der Waals surface area contributed by atoms with Gasteiger partial charge in [0.1, 0.15) is 10.8 Å². The average molecular weight is 363 g/mol. The van der Waals surface area contributed by atoms with Gasteiger partial charge < -0.3 is 16.0 Å². The van der Waals surface area contributed by atoms with Crippen LogP contribution in [0.2, 0.25) is 0 Å². The first-order valence-electron chi connectivity index (χ1n) is 7.94. The number of carbonyl (C=O) groups is 1. The van der Waals surface area contributed by atoms with Crippen LogP contribution in [-0.4, -0.2) is 37.0 Å². The van der Waals surface area contributed by atoms with Gasteiger partial charge in [0, 0.05) is 31.2 Å². The summed E-state index contributed by atoms with van der Waals surface area (Å²) in [6, 6.07) is 5.92. The van der Waals surface area contributed by atoms with Crippen LogP contribution in [0.4, 0.5) is 4.39 Å². The van der Waals surface area contributed by atoms with Gasteiger partial charge in [-0.05, 0) is 24.6 Å². The number of carbonyl (C=O) groups excluding carboxylic acids is 1. The monoisotopic (exact) mass is 363 g/mol. The molecular formula is C17H22FN5OS. The van der Waals surface area contributed by atoms with Crippen molar-refractivity contribution in [3.05, 3.63) is 51.7 Å². The van der Waals surface area contributed by atoms with E-state index >= 15 is 0 Å². The van der Waals surface area contributed by atoms with Gasteiger partial charge in [-0.2, -0.15) is 0 Å². The van der Waals surface area contributed by atoms with Crippen LogP contribution in [0.15, 0.2) is 35.5 Å². The number of nitrogens with zero attached hydrogens (tertiary/aromatic N) is 2. The van der Waals surface area contributed by atoms with Crippen LogP contribution < -0.4 is 16.0 Å². The molecule has 0 aliphatic carbocycles. The summed E-state index contributed by atoms with van der Waals surface area (Å²) in [5.74, 6) is 0.246. The molecule has 6 nitrogen and oxygen atoms in total. The number of aryl methyl sites for hydroxylation is 1. The van der Waals surface area contributed by atoms with E-state index in [0.29, 0.717) is 25.6 Å². The molecular weight excluding hydrogens is 341 g/mol. The van der Waals surface area contributed by atoms with Crippen LogP contribution in [0.25, 0.3) is 0 Å². The van der Waals surface area contributed by atoms with Crippen molar-refractivity contribution in [1.82, 2.24) is 20.9 Å². The van der Waals surface area contributed by atoms with E-state index in [1.807, 2.05) is 13.1 Å². The molecule has 0 saturated heterocycles. The Morgan fingerprint density at radius 1 is 1.20 bits per heavy atom. The molecule has 25 heavy (non-hydrogen) atoms. The lowest BCUT2D eigenvalue weighted by Gasteiger charge is -2.11. The normalized spacial score (nSPS) is 11.2. The highest BCUT2D eigenvalue weighted by atomic mass is 32.1. The van der Waals surface area contributed by atoms with Crippen molar-refractivity contribution >= 4 is 23.2 Å². The summed E-state index contributed by atoms with van der Waals surface area (Å²) < 4.78 is 12.8. The molecule has 1 aromatic carbocycles. The van der Waals surface area contributed by atoms with Crippen LogP contribution in [0.5, 0.6) is 0 Å². The van der Waals surface area contributed by atoms with Crippen molar-refractivity contribution in [3.8, 4) is 0 Å². The molecule has 1 aromatic heterocycles. The first kappa shape index (κ1) is 18.9. The van der Waals surface area contributed by atoms with E-state index < -0.39 is 0 Å². The van der Waals surface area contributed by atoms with Gasteiger partial charge in [0.15, 0.2) is 5.96 Å². The lowest BCUT2D eigenvalue weighted by atomic mass is 10.1. The van der Waals surface area contributed by atoms with Crippen LogP contribution in [0, 0.1) is 12.7 Å². The second-order valence-electron chi connectivity index (χ2n) is 5.37. The highest BCUT2D eigenvalue weighted by Crippen LogP contribution is 2.10. The molecule has 2 rings (SSSR count). The third kappa shape index (κ3) is 6.88. The molecule has 1 amide bonds. The summed E-state index contributed by atoms with van der Waals surface area (Å²) in [5.41, 5.74) is 0.781. The molecule has 2 aromatic rings. The third-order valence-electron chi connectivity index (χ3n) is 3.32. The number of hydrogen-bond donors (Lipinski definition) is 3. The Hall–Kier alpha value is -2.48. The standard InChI is InChI=1S/C17H22FN5OS/c1-12-10-22-16(25-12)11-23-17(19-2)21-8-7-20-15(24)9-13-3-5-14(18)6-4-13/h3-6,10H,7-9,11H2,1-2H3,(H,20,24)(H2,19,21,23). The first-order valence-corrected chi connectivity index (χ1v) is 8.75. The Labute approximate surface area is 150 Å². The number of guanidine groups is 1. The van der Waals surface area contributed by atoms with Crippen molar-refractivity contribution in [2.24, 2.45) is 4.99 Å². The number of hydrogen-bond acceptors (Lipinski definition) is 4. The fraction of sp³-hybridized carbons (Fsp3) is 0.353. The number of amides is 1. The largest absolute Gasteiger partial charge is 0.355 e. The van der Waals surface area contributed by atoms with Gasteiger partial charge in [-0.15, -0.1) is 11.3 Å². The molecule has 8 heteroatoms. The number of benzene rings is 1. The van der Waals surface area contributed by atoms with E-state index in [1.165, 1.54) is 17.0 Å². The van der Waals surface area contributed by atoms with E-state index in [1.54, 1.807) is 30.5 Å². The molecule has 3 N–H and O–H groups in total. The van der Waals surface area contributed by atoms with Gasteiger partial charge in [0.2, 0.25) is 5.91 Å². The van der Waals surface area contributed by atoms with Crippen molar-refractivity contribution in [2.45, 2.75) is 19.9 Å². The van der Waals surface area contributed by atoms with Crippen molar-refractivity contribution in [3.63, 3.8) is 0 Å². The van der Waals surface area contributed by atoms with Crippen molar-refractivity contribution < 1.29 is 9.18 Å². The maximum absolute atomic E-state index is 12.8. The summed E-state index contributed by atoms with van der Waals surface area (Å²) >= 11 is 1.64. The Bertz CT molecular complexity index is 714. The van der Waals surface area contributed by atoms with Gasteiger partial charge in [0.05, 0.1) is 13.0 Å². The Morgan fingerprint density at radius 3 is 2.56 bits per heavy atom. The Balaban J connectivity index is 1.63. The maximum atomic E-state index is 12.8. The summed E-state index contributed by atoms with van der Waals surface area (Å²) in [7, 11) is 1.69. The quantitative estimate of drug-likeness (QED) is 0.397. The molecule has 0 aliphatic rings. The van der Waals surface area contributed by atoms with Gasteiger partial charge in [-0.1, -0.05) is 12.1 Å². The number of thiazole rings is 1. The topological polar surface area (TPSA) is 78.4 Å². The van der Waals surface area contributed by atoms with E-state index in [4.69, 9.17) is 0 Å². The molecule has 0 saturated carbocycles. The predicted molar refractivity (Wildman–Crippen MR) is 98.2 cm³/mol. The zero-order valence-electron chi connectivity index (χ0n) is 14.3. The summed E-state index contributed by atoms with van der Waals surface area (Å²) in [5, 5.41) is 10.1. The highest BCUT2D eigenvalue weighted by molar-refractivity contribution is 7.11. The molecule has 1 heterocycles. The van der Waals surface area contributed by atoms with Crippen LogP contribution in [-0.2, 0) is 17.8 Å². The smallest absolute Gasteiger partial charge is 0.224 e. The lowest BCUT2D eigenvalue weighted by molar-refractivity contribution is -0.120. The van der Waals surface area contributed by atoms with Crippen molar-refractivity contribution in [1.29, 1.82) is 0 Å². The number of rotatable bonds is 7. The minimum absolute atomic E-state index is 0.102. The zero-order valence-corrected chi connectivity index (χ0v) is 15.1. The van der Waals surface area contributed by atoms with Gasteiger partial charge in [-0.3, -0.25) is 9.79 Å². The zero-order chi connectivity index (χ0) is 18.1. The third-order valence-corrected chi connectivity index (χ3v) is 4.23. The van der Waals surface area contributed by atoms with Crippen molar-refractivity contribution in [2.75, 3.05) is 20.1 Å². The summed E-state index contributed by atoms with van der Waals surface area (Å²) in [4.78, 5) is 21.4. The SMILES string of the molecule is CN=C(NCCNC(=O)Cc1ccc(F)cc1)NCc1ncc(C)s1. The fourth-order valence-electron chi connectivity index (χ4n) is 2.10. The van der Waals surface area contributed by atoms with Crippen LogP contribution in [0.3, 0.4) is 0 Å². The molecule has 134 valence electrons. The molecule has 0 spiro atoms. The summed E-state index contributed by atoms with van der Waals surface area (Å²) in [6.45, 7) is 3.64. The predicted octanol–water partition coefficient (Wildman–Crippen LogP) is 1.61. The second kappa shape index (κ2) is 9.73. The minimum atomic E-state index is -0.305. The Kier molecular flexibility index (Phi) is 7.34. The number of aromatic nitrogens is 1. The average Bonchev–Trinajstić information content (AvgIpc) is 3.02. The second-order valence-corrected chi connectivity index (χ2v) is 6.69. The van der Waals surface area contributed by atoms with E-state index in [-0.39, 0.29) is 18.1 Å². The van der Waals surface area contributed by atoms with Crippen LogP contribution >= 0.6 is 11.3 Å². The molecule has 0 atom stereocenters. The number of halogens is 1. The van der Waals surface area contributed by atoms with Gasteiger partial charge in [0.25, 0.3) is 0 Å². The molecule has 0 fully saturated rings. The van der Waals surface area contributed by atoms with Crippen LogP contribution in [0.1, 0.15) is 15.4 Å². The van der Waals surface area contributed by atoms with Gasteiger partial charge >= 0.3 is 0 Å². The summed E-state index contributed by atoms with van der Waals surface area (Å²) in [6.07, 6.45) is 2.07. The lowest BCUT2D eigenvalue weighted by Crippen LogP contribution is -2.41. The van der Waals surface area contributed by atoms with E-state index in [9.17, 15) is 9.18 Å². The fourth-order valence-corrected chi connectivity index (χ4v) is 2.82. The molecule has 0 radical (unpaired) electrons. The minimum Gasteiger partial charge on any atom is -0.355 e. The number of aliphatic imine (C=N–C) groups is 1. The van der Waals surface area contributed by atoms with E-state index in [0.717, 1.165) is 10.6 Å². The highest BCUT2D eigenvalue weighted by Gasteiger charge is 2.04. The maximum Gasteiger partial charge on any atom is 0.224 e. The number of nitrogens with one attached hydrogen (secondary N) is 3. The first-order chi connectivity index (χ1) is 12.1. The molecule has 0 unspecified atom stereocenters. The molecule has 0 aliphatic heterocycles. The van der Waals surface area contributed by atoms with E-state index in [2.05, 4.69) is 25.9 Å². The Morgan fingerprint density at radius 2 is 1.92 bits per heavy atom.